The van der Waals surface area contributed by atoms with Crippen molar-refractivity contribution in [2.24, 2.45) is 5.92 Å². The second-order valence-electron chi connectivity index (χ2n) is 9.01. The standard InChI is InChI=1S/C22H35N5O3S2/c1-8-26(9-2)32(29,30)18-12-10-11-17(13-18)20-24-25-21(27(20)14-16(3)4)31-15-19(28)23-22(5,6)7/h10-13,16H,8-9,14-15H2,1-7H3,(H,23,28). The van der Waals surface area contributed by atoms with Gasteiger partial charge in [-0.05, 0) is 38.8 Å². The third-order valence-corrected chi connectivity index (χ3v) is 7.56. The smallest absolute Gasteiger partial charge is 0.243 e. The molecule has 8 nitrogen and oxygen atoms in total. The molecular weight excluding hydrogens is 446 g/mol. The van der Waals surface area contributed by atoms with E-state index >= 15 is 0 Å². The van der Waals surface area contributed by atoms with Crippen LogP contribution in [0.3, 0.4) is 0 Å². The van der Waals surface area contributed by atoms with Gasteiger partial charge in [-0.1, -0.05) is 51.6 Å². The van der Waals surface area contributed by atoms with Gasteiger partial charge in [0.2, 0.25) is 15.9 Å². The van der Waals surface area contributed by atoms with Crippen molar-refractivity contribution in [2.75, 3.05) is 18.8 Å². The molecule has 0 aliphatic heterocycles. The van der Waals surface area contributed by atoms with Crippen LogP contribution in [0.5, 0.6) is 0 Å². The van der Waals surface area contributed by atoms with E-state index in [2.05, 4.69) is 29.4 Å². The Balaban J connectivity index is 2.39. The number of thioether (sulfide) groups is 1. The summed E-state index contributed by atoms with van der Waals surface area (Å²) in [7, 11) is -3.58. The van der Waals surface area contributed by atoms with E-state index < -0.39 is 10.0 Å². The molecule has 10 heteroatoms. The molecule has 2 rings (SSSR count). The van der Waals surface area contributed by atoms with E-state index in [4.69, 9.17) is 0 Å². The van der Waals surface area contributed by atoms with E-state index in [1.807, 2.05) is 45.3 Å². The second-order valence-corrected chi connectivity index (χ2v) is 11.9. The highest BCUT2D eigenvalue weighted by Crippen LogP contribution is 2.27. The lowest BCUT2D eigenvalue weighted by molar-refractivity contribution is -0.119. The number of nitrogens with one attached hydrogen (secondary N) is 1. The van der Waals surface area contributed by atoms with E-state index in [9.17, 15) is 13.2 Å². The zero-order valence-electron chi connectivity index (χ0n) is 20.0. The van der Waals surface area contributed by atoms with Crippen molar-refractivity contribution < 1.29 is 13.2 Å². The van der Waals surface area contributed by atoms with Crippen molar-refractivity contribution in [1.29, 1.82) is 0 Å². The van der Waals surface area contributed by atoms with Crippen molar-refractivity contribution in [1.82, 2.24) is 24.4 Å². The van der Waals surface area contributed by atoms with Crippen LogP contribution in [0.2, 0.25) is 0 Å². The van der Waals surface area contributed by atoms with Crippen molar-refractivity contribution in [3.63, 3.8) is 0 Å². The van der Waals surface area contributed by atoms with Crippen LogP contribution in [0.4, 0.5) is 0 Å². The third-order valence-electron chi connectivity index (χ3n) is 4.55. The Morgan fingerprint density at radius 2 is 1.84 bits per heavy atom. The van der Waals surface area contributed by atoms with E-state index in [1.54, 1.807) is 18.2 Å². The first-order valence-electron chi connectivity index (χ1n) is 10.9. The summed E-state index contributed by atoms with van der Waals surface area (Å²) < 4.78 is 29.3. The minimum Gasteiger partial charge on any atom is -0.351 e. The van der Waals surface area contributed by atoms with Gasteiger partial charge in [0.25, 0.3) is 0 Å². The van der Waals surface area contributed by atoms with Gasteiger partial charge >= 0.3 is 0 Å². The number of carbonyl (C=O) groups is 1. The van der Waals surface area contributed by atoms with E-state index in [0.717, 1.165) is 0 Å². The number of sulfonamides is 1. The minimum absolute atomic E-state index is 0.0736. The number of rotatable bonds is 10. The Hall–Kier alpha value is -1.91. The van der Waals surface area contributed by atoms with Crippen LogP contribution >= 0.6 is 11.8 Å². The monoisotopic (exact) mass is 481 g/mol. The van der Waals surface area contributed by atoms with Crippen molar-refractivity contribution >= 4 is 27.7 Å². The van der Waals surface area contributed by atoms with Gasteiger partial charge in [-0.25, -0.2) is 8.42 Å². The number of carbonyl (C=O) groups excluding carboxylic acids is 1. The molecule has 1 aromatic carbocycles. The predicted octanol–water partition coefficient (Wildman–Crippen LogP) is 3.64. The molecule has 32 heavy (non-hydrogen) atoms. The van der Waals surface area contributed by atoms with Crippen LogP contribution in [0.1, 0.15) is 48.5 Å². The van der Waals surface area contributed by atoms with E-state index in [1.165, 1.54) is 16.1 Å². The zero-order chi connectivity index (χ0) is 24.1. The molecule has 0 saturated heterocycles. The maximum atomic E-state index is 13.0. The van der Waals surface area contributed by atoms with Gasteiger partial charge in [0.05, 0.1) is 10.6 Å². The lowest BCUT2D eigenvalue weighted by atomic mass is 10.1. The zero-order valence-corrected chi connectivity index (χ0v) is 21.7. The number of nitrogens with zero attached hydrogens (tertiary/aromatic N) is 4. The van der Waals surface area contributed by atoms with Gasteiger partial charge in [-0.2, -0.15) is 4.31 Å². The molecule has 178 valence electrons. The van der Waals surface area contributed by atoms with Crippen LogP contribution in [0.25, 0.3) is 11.4 Å². The summed E-state index contributed by atoms with van der Waals surface area (Å²) in [6.07, 6.45) is 0. The van der Waals surface area contributed by atoms with Crippen LogP contribution in [-0.2, 0) is 21.4 Å². The predicted molar refractivity (Wildman–Crippen MR) is 129 cm³/mol. The molecule has 1 amide bonds. The molecule has 0 atom stereocenters. The Bertz CT molecular complexity index is 1020. The molecule has 0 unspecified atom stereocenters. The Morgan fingerprint density at radius 3 is 2.41 bits per heavy atom. The normalized spacial score (nSPS) is 12.5. The van der Waals surface area contributed by atoms with Crippen molar-refractivity contribution in [3.8, 4) is 11.4 Å². The molecule has 2 aromatic rings. The number of benzene rings is 1. The van der Waals surface area contributed by atoms with Crippen LogP contribution in [0, 0.1) is 5.92 Å². The largest absolute Gasteiger partial charge is 0.351 e. The number of aromatic nitrogens is 3. The number of hydrogen-bond acceptors (Lipinski definition) is 6. The maximum Gasteiger partial charge on any atom is 0.243 e. The molecule has 0 aliphatic carbocycles. The number of amides is 1. The molecule has 0 bridgehead atoms. The summed E-state index contributed by atoms with van der Waals surface area (Å²) in [6.45, 7) is 15.1. The fraction of sp³-hybridized carbons (Fsp3) is 0.591. The minimum atomic E-state index is -3.58. The third kappa shape index (κ3) is 6.79. The fourth-order valence-electron chi connectivity index (χ4n) is 3.23. The summed E-state index contributed by atoms with van der Waals surface area (Å²) in [4.78, 5) is 12.5. The molecular formula is C22H35N5O3S2. The molecule has 0 fully saturated rings. The number of hydrogen-bond donors (Lipinski definition) is 1. The van der Waals surface area contributed by atoms with Crippen LogP contribution < -0.4 is 5.32 Å². The fourth-order valence-corrected chi connectivity index (χ4v) is 5.48. The van der Waals surface area contributed by atoms with Crippen LogP contribution in [-0.4, -0.2) is 57.8 Å². The van der Waals surface area contributed by atoms with Crippen molar-refractivity contribution in [3.05, 3.63) is 24.3 Å². The lowest BCUT2D eigenvalue weighted by Crippen LogP contribution is -2.41. The highest BCUT2D eigenvalue weighted by molar-refractivity contribution is 7.99. The molecule has 0 saturated carbocycles. The van der Waals surface area contributed by atoms with Gasteiger partial charge in [0, 0.05) is 30.7 Å². The Labute approximate surface area is 196 Å². The molecule has 1 aromatic heterocycles. The van der Waals surface area contributed by atoms with Gasteiger partial charge in [0.1, 0.15) is 0 Å². The summed E-state index contributed by atoms with van der Waals surface area (Å²) in [5.41, 5.74) is 0.378. The molecule has 0 radical (unpaired) electrons. The van der Waals surface area contributed by atoms with Crippen molar-refractivity contribution in [2.45, 2.75) is 70.6 Å². The van der Waals surface area contributed by atoms with Crippen LogP contribution in [0.15, 0.2) is 34.3 Å². The van der Waals surface area contributed by atoms with Gasteiger partial charge in [-0.3, -0.25) is 4.79 Å². The van der Waals surface area contributed by atoms with E-state index in [0.29, 0.717) is 42.1 Å². The van der Waals surface area contributed by atoms with Gasteiger partial charge in [0.15, 0.2) is 11.0 Å². The first-order valence-corrected chi connectivity index (χ1v) is 13.3. The topological polar surface area (TPSA) is 97.2 Å². The average Bonchev–Trinajstić information content (AvgIpc) is 3.07. The Morgan fingerprint density at radius 1 is 1.19 bits per heavy atom. The molecule has 1 heterocycles. The van der Waals surface area contributed by atoms with Gasteiger partial charge in [-0.15, -0.1) is 10.2 Å². The maximum absolute atomic E-state index is 13.0. The molecule has 0 aliphatic rings. The van der Waals surface area contributed by atoms with Gasteiger partial charge < -0.3 is 9.88 Å². The summed E-state index contributed by atoms with van der Waals surface area (Å²) >= 11 is 1.33. The summed E-state index contributed by atoms with van der Waals surface area (Å²) in [6, 6.07) is 6.81. The SMILES string of the molecule is CCN(CC)S(=O)(=O)c1cccc(-c2nnc(SCC(=O)NC(C)(C)C)n2CC(C)C)c1. The first kappa shape index (κ1) is 26.3. The lowest BCUT2D eigenvalue weighted by Gasteiger charge is -2.20. The summed E-state index contributed by atoms with van der Waals surface area (Å²) in [5.74, 6) is 1.06. The molecule has 1 N–H and O–H groups in total. The molecule has 0 spiro atoms. The second kappa shape index (κ2) is 10.8. The highest BCUT2D eigenvalue weighted by atomic mass is 32.2. The quantitative estimate of drug-likeness (QED) is 0.521. The Kier molecular flexibility index (Phi) is 8.90. The summed E-state index contributed by atoms with van der Waals surface area (Å²) in [5, 5.41) is 12.2. The first-order chi connectivity index (χ1) is 14.9. The highest BCUT2D eigenvalue weighted by Gasteiger charge is 2.24. The average molecular weight is 482 g/mol. The van der Waals surface area contributed by atoms with E-state index in [-0.39, 0.29) is 22.1 Å².